The molecule has 1 aromatic carbocycles. The number of nitrogens with one attached hydrogen (secondary N) is 1. The highest BCUT2D eigenvalue weighted by atomic mass is 79.9. The van der Waals surface area contributed by atoms with Crippen LogP contribution in [0.3, 0.4) is 0 Å². The highest BCUT2D eigenvalue weighted by Gasteiger charge is 2.15. The first-order valence-electron chi connectivity index (χ1n) is 9.28. The van der Waals surface area contributed by atoms with E-state index in [0.717, 1.165) is 43.6 Å². The summed E-state index contributed by atoms with van der Waals surface area (Å²) in [6.07, 6.45) is 2.60. The van der Waals surface area contributed by atoms with Crippen molar-refractivity contribution in [1.29, 1.82) is 0 Å². The van der Waals surface area contributed by atoms with Crippen LogP contribution in [0.1, 0.15) is 28.4 Å². The van der Waals surface area contributed by atoms with Crippen molar-refractivity contribution < 1.29 is 9.59 Å². The van der Waals surface area contributed by atoms with E-state index in [1.54, 1.807) is 0 Å². The second kappa shape index (κ2) is 10.2. The van der Waals surface area contributed by atoms with E-state index < -0.39 is 0 Å². The SMILES string of the molecule is CCn1c(-c2ccc(Br)cc2)cnc1SCC(=O)c1ccc(CCNC(C)=O)s1. The number of amides is 1. The van der Waals surface area contributed by atoms with Gasteiger partial charge in [-0.05, 0) is 43.2 Å². The third-order valence-corrected chi connectivity index (χ3v) is 6.99. The predicted octanol–water partition coefficient (Wildman–Crippen LogP) is 5.05. The van der Waals surface area contributed by atoms with Crippen LogP contribution in [0.5, 0.6) is 0 Å². The molecule has 0 fully saturated rings. The van der Waals surface area contributed by atoms with Gasteiger partial charge in [0.05, 0.1) is 22.5 Å². The van der Waals surface area contributed by atoms with Gasteiger partial charge in [0.1, 0.15) is 0 Å². The Morgan fingerprint density at radius 2 is 1.97 bits per heavy atom. The van der Waals surface area contributed by atoms with Crippen molar-refractivity contribution in [2.24, 2.45) is 0 Å². The van der Waals surface area contributed by atoms with Gasteiger partial charge in [0.25, 0.3) is 0 Å². The third-order valence-electron chi connectivity index (χ3n) is 4.29. The number of rotatable bonds is 9. The molecular weight excluding hydrogens is 470 g/mol. The molecule has 0 atom stereocenters. The molecule has 0 radical (unpaired) electrons. The number of aromatic nitrogens is 2. The number of carbonyl (C=O) groups is 2. The summed E-state index contributed by atoms with van der Waals surface area (Å²) in [5.74, 6) is 0.410. The molecule has 0 aliphatic carbocycles. The number of nitrogens with zero attached hydrogens (tertiary/aromatic N) is 2. The quantitative estimate of drug-likeness (QED) is 0.336. The van der Waals surface area contributed by atoms with Crippen molar-refractivity contribution in [2.75, 3.05) is 12.3 Å². The fourth-order valence-corrected chi connectivity index (χ4v) is 5.08. The minimum absolute atomic E-state index is 0.0387. The minimum Gasteiger partial charge on any atom is -0.356 e. The summed E-state index contributed by atoms with van der Waals surface area (Å²) in [7, 11) is 0. The van der Waals surface area contributed by atoms with Crippen molar-refractivity contribution in [1.82, 2.24) is 14.9 Å². The van der Waals surface area contributed by atoms with E-state index >= 15 is 0 Å². The van der Waals surface area contributed by atoms with Gasteiger partial charge in [-0.3, -0.25) is 9.59 Å². The van der Waals surface area contributed by atoms with E-state index in [1.807, 2.05) is 30.5 Å². The van der Waals surface area contributed by atoms with Crippen LogP contribution >= 0.6 is 39.0 Å². The van der Waals surface area contributed by atoms with Gasteiger partial charge in [-0.15, -0.1) is 11.3 Å². The first kappa shape index (κ1) is 21.8. The zero-order valence-electron chi connectivity index (χ0n) is 16.3. The summed E-state index contributed by atoms with van der Waals surface area (Å²) in [6.45, 7) is 4.96. The summed E-state index contributed by atoms with van der Waals surface area (Å²) >= 11 is 6.42. The lowest BCUT2D eigenvalue weighted by Gasteiger charge is -2.09. The van der Waals surface area contributed by atoms with E-state index in [2.05, 4.69) is 49.9 Å². The van der Waals surface area contributed by atoms with Gasteiger partial charge >= 0.3 is 0 Å². The number of benzene rings is 1. The highest BCUT2D eigenvalue weighted by Crippen LogP contribution is 2.28. The molecule has 5 nitrogen and oxygen atoms in total. The molecule has 0 bridgehead atoms. The lowest BCUT2D eigenvalue weighted by Crippen LogP contribution is -2.22. The Balaban J connectivity index is 1.62. The van der Waals surface area contributed by atoms with Gasteiger partial charge in [0, 0.05) is 29.4 Å². The number of ketones is 1. The number of carbonyl (C=O) groups excluding carboxylic acids is 2. The first-order chi connectivity index (χ1) is 14.0. The number of Topliss-reactive ketones (excluding diaryl/α,β-unsaturated/α-hetero) is 1. The van der Waals surface area contributed by atoms with E-state index in [-0.39, 0.29) is 11.7 Å². The van der Waals surface area contributed by atoms with Gasteiger partial charge < -0.3 is 9.88 Å². The summed E-state index contributed by atoms with van der Waals surface area (Å²) in [6, 6.07) is 12.0. The van der Waals surface area contributed by atoms with Crippen LogP contribution in [0.4, 0.5) is 0 Å². The zero-order valence-corrected chi connectivity index (χ0v) is 19.5. The number of thiophene rings is 1. The normalized spacial score (nSPS) is 10.9. The second-order valence-electron chi connectivity index (χ2n) is 6.39. The number of imidazole rings is 1. The van der Waals surface area contributed by atoms with E-state index in [0.29, 0.717) is 12.3 Å². The fourth-order valence-electron chi connectivity index (χ4n) is 2.86. The number of halogens is 1. The Hall–Kier alpha value is -1.90. The Morgan fingerprint density at radius 3 is 2.66 bits per heavy atom. The molecular formula is C21H22BrN3O2S2. The molecule has 0 saturated heterocycles. The van der Waals surface area contributed by atoms with E-state index in [1.165, 1.54) is 30.0 Å². The van der Waals surface area contributed by atoms with Crippen LogP contribution in [0.15, 0.2) is 52.2 Å². The third kappa shape index (κ3) is 5.81. The first-order valence-corrected chi connectivity index (χ1v) is 11.9. The van der Waals surface area contributed by atoms with Crippen molar-refractivity contribution in [3.05, 3.63) is 56.8 Å². The van der Waals surface area contributed by atoms with Crippen LogP contribution in [0.25, 0.3) is 11.3 Å². The summed E-state index contributed by atoms with van der Waals surface area (Å²) < 4.78 is 3.17. The van der Waals surface area contributed by atoms with Gasteiger partial charge in [-0.2, -0.15) is 0 Å². The number of thioether (sulfide) groups is 1. The topological polar surface area (TPSA) is 64.0 Å². The molecule has 0 spiro atoms. The zero-order chi connectivity index (χ0) is 20.8. The molecule has 29 heavy (non-hydrogen) atoms. The summed E-state index contributed by atoms with van der Waals surface area (Å²) in [5, 5.41) is 3.62. The van der Waals surface area contributed by atoms with Gasteiger partial charge in [-0.1, -0.05) is 39.8 Å². The standard InChI is InChI=1S/C21H22BrN3O2S2/c1-3-25-18(15-4-6-16(22)7-5-15)12-24-21(25)28-13-19(27)20-9-8-17(29-20)10-11-23-14(2)26/h4-9,12H,3,10-11,13H2,1-2H3,(H,23,26). The maximum Gasteiger partial charge on any atom is 0.216 e. The molecule has 0 aliphatic rings. The summed E-state index contributed by atoms with van der Waals surface area (Å²) in [5.41, 5.74) is 2.15. The van der Waals surface area contributed by atoms with Crippen LogP contribution < -0.4 is 5.32 Å². The van der Waals surface area contributed by atoms with Crippen LogP contribution in [-0.2, 0) is 17.8 Å². The molecule has 3 rings (SSSR count). The summed E-state index contributed by atoms with van der Waals surface area (Å²) in [4.78, 5) is 29.9. The minimum atomic E-state index is -0.0387. The van der Waals surface area contributed by atoms with Crippen molar-refractivity contribution in [3.8, 4) is 11.3 Å². The molecule has 8 heteroatoms. The highest BCUT2D eigenvalue weighted by molar-refractivity contribution is 9.10. The van der Waals surface area contributed by atoms with Gasteiger partial charge in [0.15, 0.2) is 10.9 Å². The Bertz CT molecular complexity index is 996. The average molecular weight is 492 g/mol. The lowest BCUT2D eigenvalue weighted by molar-refractivity contribution is -0.118. The maximum atomic E-state index is 12.6. The molecule has 1 N–H and O–H groups in total. The number of hydrogen-bond donors (Lipinski definition) is 1. The Kier molecular flexibility index (Phi) is 7.69. The smallest absolute Gasteiger partial charge is 0.216 e. The monoisotopic (exact) mass is 491 g/mol. The molecule has 152 valence electrons. The second-order valence-corrected chi connectivity index (χ2v) is 9.41. The van der Waals surface area contributed by atoms with Gasteiger partial charge in [0.2, 0.25) is 5.91 Å². The Labute approximate surface area is 187 Å². The van der Waals surface area contributed by atoms with Crippen LogP contribution in [-0.4, -0.2) is 33.5 Å². The van der Waals surface area contributed by atoms with Crippen molar-refractivity contribution >= 4 is 50.7 Å². The molecule has 3 aromatic rings. The van der Waals surface area contributed by atoms with Gasteiger partial charge in [-0.25, -0.2) is 4.98 Å². The molecule has 0 aliphatic heterocycles. The molecule has 1 amide bonds. The molecule has 0 saturated carbocycles. The van der Waals surface area contributed by atoms with Crippen LogP contribution in [0, 0.1) is 0 Å². The maximum absolute atomic E-state index is 12.6. The van der Waals surface area contributed by atoms with E-state index in [4.69, 9.17) is 0 Å². The predicted molar refractivity (Wildman–Crippen MR) is 123 cm³/mol. The average Bonchev–Trinajstić information content (AvgIpc) is 3.33. The lowest BCUT2D eigenvalue weighted by atomic mass is 10.2. The fraction of sp³-hybridized carbons (Fsp3) is 0.286. The van der Waals surface area contributed by atoms with Crippen molar-refractivity contribution in [2.45, 2.75) is 32.0 Å². The largest absolute Gasteiger partial charge is 0.356 e. The van der Waals surface area contributed by atoms with E-state index in [9.17, 15) is 9.59 Å². The molecule has 0 unspecified atom stereocenters. The number of hydrogen-bond acceptors (Lipinski definition) is 5. The molecule has 2 heterocycles. The molecule has 2 aromatic heterocycles. The van der Waals surface area contributed by atoms with Crippen LogP contribution in [0.2, 0.25) is 0 Å². The van der Waals surface area contributed by atoms with Crippen molar-refractivity contribution in [3.63, 3.8) is 0 Å². The Morgan fingerprint density at radius 1 is 1.21 bits per heavy atom.